The maximum Gasteiger partial charge on any atom is 0.227 e. The maximum atomic E-state index is 12.9. The van der Waals surface area contributed by atoms with E-state index in [-0.39, 0.29) is 16.6 Å². The second kappa shape index (κ2) is 7.60. The third-order valence-electron chi connectivity index (χ3n) is 4.67. The summed E-state index contributed by atoms with van der Waals surface area (Å²) in [6, 6.07) is 10.1. The third kappa shape index (κ3) is 3.93. The van der Waals surface area contributed by atoms with E-state index in [0.717, 1.165) is 12.0 Å². The average Bonchev–Trinajstić information content (AvgIpc) is 3.07. The molecule has 0 unspecified atom stereocenters. The van der Waals surface area contributed by atoms with Crippen LogP contribution in [0.15, 0.2) is 41.3 Å². The molecule has 0 radical (unpaired) electrons. The van der Waals surface area contributed by atoms with Crippen LogP contribution in [0.25, 0.3) is 0 Å². The van der Waals surface area contributed by atoms with Crippen LogP contribution in [0.4, 0.5) is 5.69 Å². The standard InChI is InChI=1S/C20H23NO5S/c1-14-6-8-16(9-7-14)27(23,24)13-15-11-18(25-2)19(26-3)12-17(15)21-10-4-5-20(21)22/h6-9,11-12H,4-5,10,13H2,1-3H3. The molecule has 0 saturated carbocycles. The summed E-state index contributed by atoms with van der Waals surface area (Å²) in [4.78, 5) is 14.1. The number of carbonyl (C=O) groups is 1. The van der Waals surface area contributed by atoms with E-state index >= 15 is 0 Å². The lowest BCUT2D eigenvalue weighted by molar-refractivity contribution is -0.117. The van der Waals surface area contributed by atoms with Gasteiger partial charge in [-0.1, -0.05) is 17.7 Å². The van der Waals surface area contributed by atoms with E-state index in [4.69, 9.17) is 9.47 Å². The molecule has 2 aromatic carbocycles. The fourth-order valence-corrected chi connectivity index (χ4v) is 4.57. The number of methoxy groups -OCH3 is 2. The Morgan fingerprint density at radius 2 is 1.67 bits per heavy atom. The number of hydrogen-bond acceptors (Lipinski definition) is 5. The van der Waals surface area contributed by atoms with Crippen LogP contribution >= 0.6 is 0 Å². The number of ether oxygens (including phenoxy) is 2. The summed E-state index contributed by atoms with van der Waals surface area (Å²) in [5.41, 5.74) is 2.07. The van der Waals surface area contributed by atoms with Crippen LogP contribution in [-0.4, -0.2) is 35.1 Å². The normalized spacial score (nSPS) is 14.5. The van der Waals surface area contributed by atoms with Crippen molar-refractivity contribution in [2.75, 3.05) is 25.7 Å². The SMILES string of the molecule is COc1cc(CS(=O)(=O)c2ccc(C)cc2)c(N2CCCC2=O)cc1OC. The summed E-state index contributed by atoms with van der Waals surface area (Å²) in [6.07, 6.45) is 1.20. The van der Waals surface area contributed by atoms with Crippen molar-refractivity contribution in [2.45, 2.75) is 30.4 Å². The van der Waals surface area contributed by atoms with Gasteiger partial charge in [0, 0.05) is 19.0 Å². The Bertz CT molecular complexity index is 951. The average molecular weight is 389 g/mol. The molecule has 0 aliphatic carbocycles. The molecule has 1 aliphatic heterocycles. The number of benzene rings is 2. The molecule has 1 amide bonds. The topological polar surface area (TPSA) is 72.9 Å². The van der Waals surface area contributed by atoms with Crippen molar-refractivity contribution in [1.82, 2.24) is 0 Å². The van der Waals surface area contributed by atoms with Gasteiger partial charge >= 0.3 is 0 Å². The van der Waals surface area contributed by atoms with E-state index in [1.165, 1.54) is 14.2 Å². The zero-order valence-corrected chi connectivity index (χ0v) is 16.5. The van der Waals surface area contributed by atoms with Crippen molar-refractivity contribution in [3.05, 3.63) is 47.5 Å². The fraction of sp³-hybridized carbons (Fsp3) is 0.350. The summed E-state index contributed by atoms with van der Waals surface area (Å²) in [7, 11) is -0.572. The molecule has 0 atom stereocenters. The number of rotatable bonds is 6. The molecule has 0 spiro atoms. The molecule has 7 heteroatoms. The van der Waals surface area contributed by atoms with Gasteiger partial charge in [0.2, 0.25) is 5.91 Å². The highest BCUT2D eigenvalue weighted by atomic mass is 32.2. The van der Waals surface area contributed by atoms with E-state index in [1.54, 1.807) is 41.3 Å². The van der Waals surface area contributed by atoms with Crippen LogP contribution in [-0.2, 0) is 20.4 Å². The minimum Gasteiger partial charge on any atom is -0.493 e. The third-order valence-corrected chi connectivity index (χ3v) is 6.36. The number of amides is 1. The molecule has 3 rings (SSSR count). The highest BCUT2D eigenvalue weighted by molar-refractivity contribution is 7.90. The summed E-state index contributed by atoms with van der Waals surface area (Å²) >= 11 is 0. The second-order valence-electron chi connectivity index (χ2n) is 6.56. The first-order valence-electron chi connectivity index (χ1n) is 8.70. The Kier molecular flexibility index (Phi) is 5.41. The number of nitrogens with zero attached hydrogens (tertiary/aromatic N) is 1. The van der Waals surface area contributed by atoms with Crippen molar-refractivity contribution in [2.24, 2.45) is 0 Å². The molecule has 0 aromatic heterocycles. The zero-order valence-electron chi connectivity index (χ0n) is 15.7. The number of aryl methyl sites for hydroxylation is 1. The quantitative estimate of drug-likeness (QED) is 0.759. The van der Waals surface area contributed by atoms with Crippen LogP contribution < -0.4 is 14.4 Å². The molecule has 0 bridgehead atoms. The van der Waals surface area contributed by atoms with Gasteiger partial charge in [-0.2, -0.15) is 0 Å². The molecule has 1 heterocycles. The molecule has 2 aromatic rings. The zero-order chi connectivity index (χ0) is 19.6. The number of anilines is 1. The van der Waals surface area contributed by atoms with Crippen LogP contribution in [0.2, 0.25) is 0 Å². The first-order chi connectivity index (χ1) is 12.9. The van der Waals surface area contributed by atoms with Gasteiger partial charge in [0.25, 0.3) is 0 Å². The van der Waals surface area contributed by atoms with E-state index in [0.29, 0.717) is 35.7 Å². The lowest BCUT2D eigenvalue weighted by atomic mass is 10.1. The van der Waals surface area contributed by atoms with Gasteiger partial charge < -0.3 is 14.4 Å². The fourth-order valence-electron chi connectivity index (χ4n) is 3.21. The van der Waals surface area contributed by atoms with E-state index in [1.807, 2.05) is 6.92 Å². The molecule has 1 saturated heterocycles. The monoisotopic (exact) mass is 389 g/mol. The van der Waals surface area contributed by atoms with Crippen molar-refractivity contribution < 1.29 is 22.7 Å². The van der Waals surface area contributed by atoms with Gasteiger partial charge in [0.1, 0.15) is 0 Å². The summed E-state index contributed by atoms with van der Waals surface area (Å²) < 4.78 is 36.6. The van der Waals surface area contributed by atoms with Gasteiger partial charge in [-0.15, -0.1) is 0 Å². The Morgan fingerprint density at radius 1 is 1.04 bits per heavy atom. The molecule has 144 valence electrons. The van der Waals surface area contributed by atoms with E-state index < -0.39 is 9.84 Å². The summed E-state index contributed by atoms with van der Waals surface area (Å²) in [5, 5.41) is 0. The van der Waals surface area contributed by atoms with E-state index in [2.05, 4.69) is 0 Å². The Labute approximate surface area is 159 Å². The van der Waals surface area contributed by atoms with Gasteiger partial charge in [0.15, 0.2) is 21.3 Å². The Balaban J connectivity index is 2.07. The number of hydrogen-bond donors (Lipinski definition) is 0. The lowest BCUT2D eigenvalue weighted by Crippen LogP contribution is -2.25. The summed E-state index contributed by atoms with van der Waals surface area (Å²) in [6.45, 7) is 2.47. The molecule has 0 N–H and O–H groups in total. The van der Waals surface area contributed by atoms with Crippen molar-refractivity contribution in [1.29, 1.82) is 0 Å². The van der Waals surface area contributed by atoms with Crippen LogP contribution in [0.3, 0.4) is 0 Å². The first kappa shape index (κ1) is 19.2. The first-order valence-corrected chi connectivity index (χ1v) is 10.4. The highest BCUT2D eigenvalue weighted by Crippen LogP contribution is 2.38. The Hall–Kier alpha value is -2.54. The summed E-state index contributed by atoms with van der Waals surface area (Å²) in [5.74, 6) is 0.650. The van der Waals surface area contributed by atoms with Gasteiger partial charge in [-0.3, -0.25) is 4.79 Å². The highest BCUT2D eigenvalue weighted by Gasteiger charge is 2.28. The second-order valence-corrected chi connectivity index (χ2v) is 8.55. The molecular weight excluding hydrogens is 366 g/mol. The van der Waals surface area contributed by atoms with Gasteiger partial charge in [-0.25, -0.2) is 8.42 Å². The molecule has 27 heavy (non-hydrogen) atoms. The molecule has 1 aliphatic rings. The van der Waals surface area contributed by atoms with Crippen molar-refractivity contribution >= 4 is 21.4 Å². The lowest BCUT2D eigenvalue weighted by Gasteiger charge is -2.22. The Morgan fingerprint density at radius 3 is 2.22 bits per heavy atom. The number of sulfone groups is 1. The number of carbonyl (C=O) groups excluding carboxylic acids is 1. The molecular formula is C20H23NO5S. The van der Waals surface area contributed by atoms with E-state index in [9.17, 15) is 13.2 Å². The molecule has 1 fully saturated rings. The van der Waals surface area contributed by atoms with Crippen LogP contribution in [0.1, 0.15) is 24.0 Å². The minimum atomic E-state index is -3.58. The smallest absolute Gasteiger partial charge is 0.227 e. The van der Waals surface area contributed by atoms with Gasteiger partial charge in [0.05, 0.1) is 30.6 Å². The van der Waals surface area contributed by atoms with Crippen molar-refractivity contribution in [3.8, 4) is 11.5 Å². The predicted molar refractivity (Wildman–Crippen MR) is 103 cm³/mol. The largest absolute Gasteiger partial charge is 0.493 e. The predicted octanol–water partition coefficient (Wildman–Crippen LogP) is 3.11. The van der Waals surface area contributed by atoms with Crippen molar-refractivity contribution in [3.63, 3.8) is 0 Å². The van der Waals surface area contributed by atoms with Crippen LogP contribution in [0, 0.1) is 6.92 Å². The van der Waals surface area contributed by atoms with Gasteiger partial charge in [-0.05, 0) is 37.1 Å². The maximum absolute atomic E-state index is 12.9. The minimum absolute atomic E-state index is 0.0174. The van der Waals surface area contributed by atoms with Crippen LogP contribution in [0.5, 0.6) is 11.5 Å². The molecule has 6 nitrogen and oxygen atoms in total.